The Morgan fingerprint density at radius 1 is 1.59 bits per heavy atom. The van der Waals surface area contributed by atoms with Gasteiger partial charge in [-0.1, -0.05) is 19.8 Å². The summed E-state index contributed by atoms with van der Waals surface area (Å²) in [5.74, 6) is 0.604. The SMILES string of the molecule is CCc1ncc(C(=O)NCC2(O)CCCC2)[nH]1. The lowest BCUT2D eigenvalue weighted by molar-refractivity contribution is 0.0448. The highest BCUT2D eigenvalue weighted by molar-refractivity contribution is 5.92. The van der Waals surface area contributed by atoms with Crippen molar-refractivity contribution in [3.05, 3.63) is 17.7 Å². The lowest BCUT2D eigenvalue weighted by Gasteiger charge is -2.21. The minimum absolute atomic E-state index is 0.197. The number of hydrogen-bond acceptors (Lipinski definition) is 3. The molecule has 0 unspecified atom stereocenters. The van der Waals surface area contributed by atoms with E-state index in [1.807, 2.05) is 6.92 Å². The van der Waals surface area contributed by atoms with Gasteiger partial charge in [-0.3, -0.25) is 4.79 Å². The molecule has 5 nitrogen and oxygen atoms in total. The van der Waals surface area contributed by atoms with E-state index in [9.17, 15) is 9.90 Å². The van der Waals surface area contributed by atoms with Gasteiger partial charge in [0.2, 0.25) is 0 Å². The third kappa shape index (κ3) is 2.85. The van der Waals surface area contributed by atoms with Crippen LogP contribution < -0.4 is 5.32 Å². The maximum atomic E-state index is 11.8. The second kappa shape index (κ2) is 4.87. The molecule has 0 saturated heterocycles. The van der Waals surface area contributed by atoms with Crippen LogP contribution in [0.1, 0.15) is 48.9 Å². The molecule has 5 heteroatoms. The summed E-state index contributed by atoms with van der Waals surface area (Å²) in [5.41, 5.74) is -0.244. The van der Waals surface area contributed by atoms with Crippen molar-refractivity contribution in [1.82, 2.24) is 15.3 Å². The molecule has 1 aromatic rings. The van der Waals surface area contributed by atoms with Gasteiger partial charge in [0.1, 0.15) is 11.5 Å². The maximum Gasteiger partial charge on any atom is 0.269 e. The summed E-state index contributed by atoms with van der Waals surface area (Å²) in [5, 5.41) is 12.9. The molecule has 1 amide bonds. The molecule has 1 fully saturated rings. The van der Waals surface area contributed by atoms with Crippen molar-refractivity contribution in [2.24, 2.45) is 0 Å². The Bertz CT molecular complexity index is 394. The third-order valence-electron chi connectivity index (χ3n) is 3.32. The van der Waals surface area contributed by atoms with Crippen LogP contribution in [0.5, 0.6) is 0 Å². The Hall–Kier alpha value is -1.36. The molecule has 0 aromatic carbocycles. The Morgan fingerprint density at radius 3 is 2.88 bits per heavy atom. The number of aromatic amines is 1. The maximum absolute atomic E-state index is 11.8. The Balaban J connectivity index is 1.88. The third-order valence-corrected chi connectivity index (χ3v) is 3.32. The molecule has 3 N–H and O–H groups in total. The fraction of sp³-hybridized carbons (Fsp3) is 0.667. The smallest absolute Gasteiger partial charge is 0.269 e. The highest BCUT2D eigenvalue weighted by Crippen LogP contribution is 2.28. The number of hydrogen-bond donors (Lipinski definition) is 3. The molecular weight excluding hydrogens is 218 g/mol. The number of nitrogens with zero attached hydrogens (tertiary/aromatic N) is 1. The van der Waals surface area contributed by atoms with Gasteiger partial charge < -0.3 is 15.4 Å². The number of imidazole rings is 1. The lowest BCUT2D eigenvalue weighted by atomic mass is 10.0. The summed E-state index contributed by atoms with van der Waals surface area (Å²) in [6.45, 7) is 2.30. The van der Waals surface area contributed by atoms with Gasteiger partial charge in [0.25, 0.3) is 5.91 Å². The van der Waals surface area contributed by atoms with Crippen LogP contribution in [0.4, 0.5) is 0 Å². The summed E-state index contributed by atoms with van der Waals surface area (Å²) in [6.07, 6.45) is 5.93. The molecule has 94 valence electrons. The molecule has 0 radical (unpaired) electrons. The molecule has 0 aliphatic heterocycles. The topological polar surface area (TPSA) is 78.0 Å². The number of H-pyrrole nitrogens is 1. The average molecular weight is 237 g/mol. The summed E-state index contributed by atoms with van der Waals surface area (Å²) < 4.78 is 0. The van der Waals surface area contributed by atoms with Crippen LogP contribution >= 0.6 is 0 Å². The van der Waals surface area contributed by atoms with E-state index in [4.69, 9.17) is 0 Å². The molecule has 0 bridgehead atoms. The quantitative estimate of drug-likeness (QED) is 0.731. The number of amides is 1. The largest absolute Gasteiger partial charge is 0.388 e. The standard InChI is InChI=1S/C12H19N3O2/c1-2-10-13-7-9(15-10)11(16)14-8-12(17)5-3-4-6-12/h7,17H,2-6,8H2,1H3,(H,13,15)(H,14,16). The van der Waals surface area contributed by atoms with Gasteiger partial charge in [-0.15, -0.1) is 0 Å². The van der Waals surface area contributed by atoms with E-state index >= 15 is 0 Å². The first-order chi connectivity index (χ1) is 8.13. The van der Waals surface area contributed by atoms with Crippen LogP contribution in [-0.4, -0.2) is 33.1 Å². The first-order valence-corrected chi connectivity index (χ1v) is 6.17. The Labute approximate surface area is 101 Å². The molecule has 0 atom stereocenters. The zero-order valence-corrected chi connectivity index (χ0v) is 10.1. The van der Waals surface area contributed by atoms with Crippen molar-refractivity contribution in [2.45, 2.75) is 44.6 Å². The molecule has 1 saturated carbocycles. The fourth-order valence-corrected chi connectivity index (χ4v) is 2.21. The average Bonchev–Trinajstić information content (AvgIpc) is 2.95. The van der Waals surface area contributed by atoms with Gasteiger partial charge in [-0.05, 0) is 12.8 Å². The van der Waals surface area contributed by atoms with E-state index < -0.39 is 5.60 Å². The van der Waals surface area contributed by atoms with E-state index in [1.165, 1.54) is 6.20 Å². The monoisotopic (exact) mass is 237 g/mol. The van der Waals surface area contributed by atoms with Crippen LogP contribution in [0, 0.1) is 0 Å². The second-order valence-corrected chi connectivity index (χ2v) is 4.71. The van der Waals surface area contributed by atoms with Crippen molar-refractivity contribution >= 4 is 5.91 Å². The van der Waals surface area contributed by atoms with Crippen LogP contribution in [0.2, 0.25) is 0 Å². The van der Waals surface area contributed by atoms with Crippen molar-refractivity contribution in [3.8, 4) is 0 Å². The molecular formula is C12H19N3O2. The number of rotatable bonds is 4. The van der Waals surface area contributed by atoms with Crippen LogP contribution in [-0.2, 0) is 6.42 Å². The zero-order chi connectivity index (χ0) is 12.3. The minimum atomic E-state index is -0.705. The van der Waals surface area contributed by atoms with Crippen molar-refractivity contribution in [2.75, 3.05) is 6.54 Å². The van der Waals surface area contributed by atoms with Crippen LogP contribution in [0.15, 0.2) is 6.20 Å². The van der Waals surface area contributed by atoms with Crippen LogP contribution in [0.25, 0.3) is 0 Å². The van der Waals surface area contributed by atoms with E-state index in [0.29, 0.717) is 12.2 Å². The predicted octanol–water partition coefficient (Wildman–Crippen LogP) is 1.01. The minimum Gasteiger partial charge on any atom is -0.388 e. The number of carbonyl (C=O) groups excluding carboxylic acids is 1. The Morgan fingerprint density at radius 2 is 2.29 bits per heavy atom. The number of aromatic nitrogens is 2. The van der Waals surface area contributed by atoms with Gasteiger partial charge >= 0.3 is 0 Å². The second-order valence-electron chi connectivity index (χ2n) is 4.71. The molecule has 2 rings (SSSR count). The van der Waals surface area contributed by atoms with E-state index in [2.05, 4.69) is 15.3 Å². The normalized spacial score (nSPS) is 18.2. The Kier molecular flexibility index (Phi) is 3.47. The molecule has 1 aromatic heterocycles. The first kappa shape index (κ1) is 12.1. The summed E-state index contributed by atoms with van der Waals surface area (Å²) in [4.78, 5) is 18.8. The summed E-state index contributed by atoms with van der Waals surface area (Å²) in [7, 11) is 0. The van der Waals surface area contributed by atoms with Gasteiger partial charge in [0, 0.05) is 13.0 Å². The molecule has 1 heterocycles. The molecule has 17 heavy (non-hydrogen) atoms. The molecule has 1 aliphatic rings. The number of aliphatic hydroxyl groups is 1. The first-order valence-electron chi connectivity index (χ1n) is 6.17. The highest BCUT2D eigenvalue weighted by Gasteiger charge is 2.31. The van der Waals surface area contributed by atoms with Gasteiger partial charge in [0.15, 0.2) is 0 Å². The molecule has 1 aliphatic carbocycles. The highest BCUT2D eigenvalue weighted by atomic mass is 16.3. The van der Waals surface area contributed by atoms with E-state index in [-0.39, 0.29) is 5.91 Å². The number of nitrogens with one attached hydrogen (secondary N) is 2. The summed E-state index contributed by atoms with van der Waals surface area (Å²) in [6, 6.07) is 0. The van der Waals surface area contributed by atoms with Crippen molar-refractivity contribution in [1.29, 1.82) is 0 Å². The van der Waals surface area contributed by atoms with Crippen molar-refractivity contribution < 1.29 is 9.90 Å². The predicted molar refractivity (Wildman–Crippen MR) is 63.7 cm³/mol. The zero-order valence-electron chi connectivity index (χ0n) is 10.1. The van der Waals surface area contributed by atoms with E-state index in [0.717, 1.165) is 37.9 Å². The summed E-state index contributed by atoms with van der Waals surface area (Å²) >= 11 is 0. The van der Waals surface area contributed by atoms with Gasteiger partial charge in [-0.25, -0.2) is 4.98 Å². The number of carbonyl (C=O) groups is 1. The van der Waals surface area contributed by atoms with Crippen molar-refractivity contribution in [3.63, 3.8) is 0 Å². The van der Waals surface area contributed by atoms with E-state index in [1.54, 1.807) is 0 Å². The fourth-order valence-electron chi connectivity index (χ4n) is 2.21. The van der Waals surface area contributed by atoms with Gasteiger partial charge in [-0.2, -0.15) is 0 Å². The number of aryl methyl sites for hydroxylation is 1. The van der Waals surface area contributed by atoms with Crippen LogP contribution in [0.3, 0.4) is 0 Å². The van der Waals surface area contributed by atoms with Gasteiger partial charge in [0.05, 0.1) is 11.8 Å². The molecule has 0 spiro atoms. The lowest BCUT2D eigenvalue weighted by Crippen LogP contribution is -2.40.